The fourth-order valence-electron chi connectivity index (χ4n) is 2.20. The van der Waals surface area contributed by atoms with Gasteiger partial charge in [0, 0.05) is 5.56 Å². The topological polar surface area (TPSA) is 129 Å². The zero-order valence-corrected chi connectivity index (χ0v) is 13.5. The second kappa shape index (κ2) is 7.90. The number of aromatic amines is 1. The predicted molar refractivity (Wildman–Crippen MR) is 90.8 cm³/mol. The van der Waals surface area contributed by atoms with Gasteiger partial charge in [0.15, 0.2) is 0 Å². The normalized spacial score (nSPS) is 10.2. The minimum atomic E-state index is -0.591. The number of nitrogens with zero attached hydrogens (tertiary/aromatic N) is 2. The van der Waals surface area contributed by atoms with Crippen LogP contribution in [-0.2, 0) is 6.61 Å². The van der Waals surface area contributed by atoms with E-state index in [-0.39, 0.29) is 18.5 Å². The van der Waals surface area contributed by atoms with Crippen LogP contribution in [-0.4, -0.2) is 32.2 Å². The van der Waals surface area contributed by atoms with Gasteiger partial charge in [-0.15, -0.1) is 0 Å². The Bertz CT molecular complexity index is 894. The van der Waals surface area contributed by atoms with Gasteiger partial charge < -0.3 is 4.74 Å². The molecule has 2 aromatic carbocycles. The number of ether oxygens (including phenoxy) is 1. The SMILES string of the molecule is O=C(NO)c1ccc(COc2ccccc2C(=O)Nc2ncn[nH]2)cc1. The van der Waals surface area contributed by atoms with Crippen molar-refractivity contribution in [3.63, 3.8) is 0 Å². The van der Waals surface area contributed by atoms with Crippen molar-refractivity contribution in [2.75, 3.05) is 5.32 Å². The van der Waals surface area contributed by atoms with Crippen LogP contribution >= 0.6 is 0 Å². The van der Waals surface area contributed by atoms with Crippen LogP contribution in [0.25, 0.3) is 0 Å². The zero-order chi connectivity index (χ0) is 18.4. The molecule has 0 aliphatic heterocycles. The van der Waals surface area contributed by atoms with E-state index in [0.717, 1.165) is 5.56 Å². The van der Waals surface area contributed by atoms with Gasteiger partial charge in [0.2, 0.25) is 5.95 Å². The predicted octanol–water partition coefficient (Wildman–Crippen LogP) is 1.76. The van der Waals surface area contributed by atoms with Crippen molar-refractivity contribution in [2.45, 2.75) is 6.61 Å². The molecule has 9 heteroatoms. The van der Waals surface area contributed by atoms with E-state index in [1.54, 1.807) is 54.0 Å². The molecule has 0 atom stereocenters. The number of rotatable bonds is 6. The van der Waals surface area contributed by atoms with Crippen molar-refractivity contribution in [3.8, 4) is 5.75 Å². The van der Waals surface area contributed by atoms with Crippen LogP contribution in [0.2, 0.25) is 0 Å². The number of aromatic nitrogens is 3. The van der Waals surface area contributed by atoms with Crippen LogP contribution < -0.4 is 15.5 Å². The van der Waals surface area contributed by atoms with Gasteiger partial charge in [-0.25, -0.2) is 10.6 Å². The van der Waals surface area contributed by atoms with Crippen LogP contribution in [0.1, 0.15) is 26.3 Å². The fourth-order valence-corrected chi connectivity index (χ4v) is 2.20. The second-order valence-corrected chi connectivity index (χ2v) is 5.21. The van der Waals surface area contributed by atoms with Crippen LogP contribution in [0.15, 0.2) is 54.9 Å². The average Bonchev–Trinajstić information content (AvgIpc) is 3.19. The van der Waals surface area contributed by atoms with Crippen LogP contribution in [0.3, 0.4) is 0 Å². The van der Waals surface area contributed by atoms with Crippen molar-refractivity contribution < 1.29 is 19.5 Å². The summed E-state index contributed by atoms with van der Waals surface area (Å²) in [7, 11) is 0. The molecule has 1 aromatic heterocycles. The first-order chi connectivity index (χ1) is 12.7. The minimum absolute atomic E-state index is 0.202. The summed E-state index contributed by atoms with van der Waals surface area (Å²) >= 11 is 0. The van der Waals surface area contributed by atoms with Gasteiger partial charge in [-0.3, -0.25) is 20.1 Å². The van der Waals surface area contributed by atoms with E-state index in [9.17, 15) is 9.59 Å². The molecule has 0 bridgehead atoms. The van der Waals surface area contributed by atoms with E-state index in [0.29, 0.717) is 16.9 Å². The van der Waals surface area contributed by atoms with E-state index < -0.39 is 5.91 Å². The van der Waals surface area contributed by atoms with Crippen molar-refractivity contribution in [1.29, 1.82) is 0 Å². The highest BCUT2D eigenvalue weighted by Gasteiger charge is 2.13. The van der Waals surface area contributed by atoms with Gasteiger partial charge in [0.05, 0.1) is 5.56 Å². The Balaban J connectivity index is 1.68. The first-order valence-electron chi connectivity index (χ1n) is 7.59. The molecule has 0 saturated carbocycles. The number of hydrogen-bond donors (Lipinski definition) is 4. The standard InChI is InChI=1S/C17H15N5O4/c23-15(22-25)12-7-5-11(6-8-12)9-26-14-4-2-1-3-13(14)16(24)20-17-18-10-19-21-17/h1-8,10,25H,9H2,(H,22,23)(H2,18,19,20,21,24). The molecule has 0 radical (unpaired) electrons. The maximum Gasteiger partial charge on any atom is 0.274 e. The zero-order valence-electron chi connectivity index (χ0n) is 13.5. The third-order valence-electron chi connectivity index (χ3n) is 3.49. The van der Waals surface area contributed by atoms with Gasteiger partial charge in [-0.1, -0.05) is 24.3 Å². The van der Waals surface area contributed by atoms with Crippen molar-refractivity contribution in [2.24, 2.45) is 0 Å². The Kier molecular flexibility index (Phi) is 5.20. The maximum absolute atomic E-state index is 12.3. The van der Waals surface area contributed by atoms with Gasteiger partial charge >= 0.3 is 0 Å². The Labute approximate surface area is 148 Å². The number of amides is 2. The van der Waals surface area contributed by atoms with Gasteiger partial charge in [0.25, 0.3) is 11.8 Å². The quantitative estimate of drug-likeness (QED) is 0.395. The van der Waals surface area contributed by atoms with Crippen LogP contribution in [0, 0.1) is 0 Å². The lowest BCUT2D eigenvalue weighted by atomic mass is 10.1. The molecule has 0 aliphatic rings. The molecule has 9 nitrogen and oxygen atoms in total. The first-order valence-corrected chi connectivity index (χ1v) is 7.59. The molecule has 132 valence electrons. The monoisotopic (exact) mass is 353 g/mol. The Hall–Kier alpha value is -3.72. The molecule has 3 aromatic rings. The van der Waals surface area contributed by atoms with E-state index in [4.69, 9.17) is 9.94 Å². The lowest BCUT2D eigenvalue weighted by molar-refractivity contribution is 0.0706. The van der Waals surface area contributed by atoms with E-state index >= 15 is 0 Å². The summed E-state index contributed by atoms with van der Waals surface area (Å²) in [6, 6.07) is 13.3. The highest BCUT2D eigenvalue weighted by Crippen LogP contribution is 2.20. The molecule has 1 heterocycles. The number of nitrogens with one attached hydrogen (secondary N) is 3. The molecule has 3 rings (SSSR count). The number of hydroxylamine groups is 1. The summed E-state index contributed by atoms with van der Waals surface area (Å²) in [6.45, 7) is 0.202. The minimum Gasteiger partial charge on any atom is -0.488 e. The number of benzene rings is 2. The fraction of sp³-hybridized carbons (Fsp3) is 0.0588. The third-order valence-corrected chi connectivity index (χ3v) is 3.49. The molecule has 0 spiro atoms. The Morgan fingerprint density at radius 1 is 1.08 bits per heavy atom. The van der Waals surface area contributed by atoms with Crippen molar-refractivity contribution in [3.05, 3.63) is 71.5 Å². The number of carbonyl (C=O) groups is 2. The molecular formula is C17H15N5O4. The highest BCUT2D eigenvalue weighted by atomic mass is 16.5. The van der Waals surface area contributed by atoms with Gasteiger partial charge in [0.1, 0.15) is 18.7 Å². The lowest BCUT2D eigenvalue weighted by Gasteiger charge is -2.11. The molecule has 0 fully saturated rings. The highest BCUT2D eigenvalue weighted by molar-refractivity contribution is 6.05. The molecule has 26 heavy (non-hydrogen) atoms. The molecule has 0 unspecified atom stereocenters. The van der Waals surface area contributed by atoms with Crippen molar-refractivity contribution >= 4 is 17.8 Å². The summed E-state index contributed by atoms with van der Waals surface area (Å²) in [5.41, 5.74) is 3.04. The largest absolute Gasteiger partial charge is 0.488 e. The maximum atomic E-state index is 12.3. The molecule has 0 aliphatic carbocycles. The average molecular weight is 353 g/mol. The summed E-state index contributed by atoms with van der Waals surface area (Å²) in [4.78, 5) is 27.5. The van der Waals surface area contributed by atoms with Crippen molar-refractivity contribution in [1.82, 2.24) is 20.7 Å². The van der Waals surface area contributed by atoms with E-state index in [2.05, 4.69) is 20.5 Å². The number of carbonyl (C=O) groups excluding carboxylic acids is 2. The summed E-state index contributed by atoms with van der Waals surface area (Å²) in [5.74, 6) is -0.330. The molecule has 0 saturated heterocycles. The Morgan fingerprint density at radius 2 is 1.85 bits per heavy atom. The second-order valence-electron chi connectivity index (χ2n) is 5.21. The number of H-pyrrole nitrogens is 1. The summed E-state index contributed by atoms with van der Waals surface area (Å²) in [5, 5.41) is 17.4. The number of hydrogen-bond acceptors (Lipinski definition) is 6. The number of para-hydroxylation sites is 1. The molecule has 2 amide bonds. The van der Waals surface area contributed by atoms with Gasteiger partial charge in [-0.2, -0.15) is 10.1 Å². The first kappa shape index (κ1) is 17.1. The van der Waals surface area contributed by atoms with E-state index in [1.165, 1.54) is 6.33 Å². The molecular weight excluding hydrogens is 338 g/mol. The Morgan fingerprint density at radius 3 is 2.54 bits per heavy atom. The van der Waals surface area contributed by atoms with E-state index in [1.807, 2.05) is 0 Å². The van der Waals surface area contributed by atoms with Gasteiger partial charge in [-0.05, 0) is 29.8 Å². The summed E-state index contributed by atoms with van der Waals surface area (Å²) in [6.07, 6.45) is 1.29. The third kappa shape index (κ3) is 4.02. The summed E-state index contributed by atoms with van der Waals surface area (Å²) < 4.78 is 5.73. The van der Waals surface area contributed by atoms with Crippen LogP contribution in [0.5, 0.6) is 5.75 Å². The number of anilines is 1. The molecule has 4 N–H and O–H groups in total. The van der Waals surface area contributed by atoms with Crippen LogP contribution in [0.4, 0.5) is 5.95 Å². The lowest BCUT2D eigenvalue weighted by Crippen LogP contribution is -2.18. The smallest absolute Gasteiger partial charge is 0.274 e.